The van der Waals surface area contributed by atoms with Crippen LogP contribution in [0.4, 0.5) is 5.69 Å². The minimum atomic E-state index is -0.135. The van der Waals surface area contributed by atoms with Gasteiger partial charge in [-0.1, -0.05) is 43.2 Å². The number of nitrogens with one attached hydrogen (secondary N) is 3. The van der Waals surface area contributed by atoms with Crippen molar-refractivity contribution in [2.45, 2.75) is 31.1 Å². The standard InChI is InChI=1S/C21H27N5O/c1-22-20(24-15-19(27)26-18-10-7-13-23-14-18)25-16-21(11-5-6-12-21)17-8-3-2-4-9-17/h2-4,7-10,13-14H,5-6,11-12,15-16H2,1H3,(H,26,27)(H2,22,24,25). The number of aromatic nitrogens is 1. The molecule has 1 heterocycles. The highest BCUT2D eigenvalue weighted by molar-refractivity contribution is 5.94. The number of anilines is 1. The van der Waals surface area contributed by atoms with Gasteiger partial charge in [0.15, 0.2) is 5.96 Å². The molecule has 1 aliphatic carbocycles. The largest absolute Gasteiger partial charge is 0.356 e. The van der Waals surface area contributed by atoms with E-state index in [0.29, 0.717) is 11.6 Å². The van der Waals surface area contributed by atoms with E-state index in [1.807, 2.05) is 6.07 Å². The maximum atomic E-state index is 12.1. The molecule has 0 spiro atoms. The Kier molecular flexibility index (Phi) is 6.41. The predicted octanol–water partition coefficient (Wildman–Crippen LogP) is 2.70. The Bertz CT molecular complexity index is 755. The van der Waals surface area contributed by atoms with Crippen LogP contribution in [0.3, 0.4) is 0 Å². The molecule has 2 aromatic rings. The lowest BCUT2D eigenvalue weighted by Crippen LogP contribution is -2.46. The highest BCUT2D eigenvalue weighted by atomic mass is 16.1. The van der Waals surface area contributed by atoms with E-state index in [4.69, 9.17) is 0 Å². The first kappa shape index (κ1) is 18.9. The molecule has 0 saturated heterocycles. The molecule has 1 aliphatic rings. The average molecular weight is 365 g/mol. The third-order valence-electron chi connectivity index (χ3n) is 5.13. The third kappa shape index (κ3) is 5.06. The first-order valence-corrected chi connectivity index (χ1v) is 9.42. The monoisotopic (exact) mass is 365 g/mol. The minimum absolute atomic E-state index is 0.135. The topological polar surface area (TPSA) is 78.4 Å². The zero-order valence-corrected chi connectivity index (χ0v) is 15.7. The van der Waals surface area contributed by atoms with E-state index in [9.17, 15) is 4.79 Å². The van der Waals surface area contributed by atoms with E-state index in [0.717, 1.165) is 6.54 Å². The molecule has 6 heteroatoms. The van der Waals surface area contributed by atoms with Crippen LogP contribution in [0.1, 0.15) is 31.2 Å². The summed E-state index contributed by atoms with van der Waals surface area (Å²) in [5.41, 5.74) is 2.19. The highest BCUT2D eigenvalue weighted by Gasteiger charge is 2.35. The summed E-state index contributed by atoms with van der Waals surface area (Å²) < 4.78 is 0. The highest BCUT2D eigenvalue weighted by Crippen LogP contribution is 2.40. The number of carbonyl (C=O) groups excluding carboxylic acids is 1. The molecule has 0 aliphatic heterocycles. The number of nitrogens with zero attached hydrogens (tertiary/aromatic N) is 2. The molecule has 27 heavy (non-hydrogen) atoms. The van der Waals surface area contributed by atoms with Gasteiger partial charge in [0, 0.05) is 25.2 Å². The Morgan fingerprint density at radius 1 is 1.11 bits per heavy atom. The zero-order chi connectivity index (χ0) is 19.0. The van der Waals surface area contributed by atoms with E-state index >= 15 is 0 Å². The number of guanidine groups is 1. The smallest absolute Gasteiger partial charge is 0.243 e. The number of rotatable bonds is 6. The summed E-state index contributed by atoms with van der Waals surface area (Å²) in [7, 11) is 1.72. The average Bonchev–Trinajstić information content (AvgIpc) is 3.20. The van der Waals surface area contributed by atoms with Crippen molar-refractivity contribution in [2.75, 3.05) is 25.5 Å². The zero-order valence-electron chi connectivity index (χ0n) is 15.7. The molecule has 3 rings (SSSR count). The van der Waals surface area contributed by atoms with E-state index in [1.54, 1.807) is 25.5 Å². The van der Waals surface area contributed by atoms with Crippen LogP contribution in [-0.2, 0) is 10.2 Å². The molecule has 0 bridgehead atoms. The van der Waals surface area contributed by atoms with Crippen LogP contribution in [0, 0.1) is 0 Å². The number of benzene rings is 1. The number of carbonyl (C=O) groups is 1. The second kappa shape index (κ2) is 9.16. The third-order valence-corrected chi connectivity index (χ3v) is 5.13. The molecule has 6 nitrogen and oxygen atoms in total. The number of pyridine rings is 1. The predicted molar refractivity (Wildman–Crippen MR) is 109 cm³/mol. The first-order chi connectivity index (χ1) is 13.2. The molecule has 1 saturated carbocycles. The molecule has 142 valence electrons. The van der Waals surface area contributed by atoms with Gasteiger partial charge in [-0.25, -0.2) is 0 Å². The molecular formula is C21H27N5O. The van der Waals surface area contributed by atoms with Crippen molar-refractivity contribution >= 4 is 17.6 Å². The SMILES string of the molecule is CN=C(NCC(=O)Nc1cccnc1)NCC1(c2ccccc2)CCCC1. The van der Waals surface area contributed by atoms with Crippen molar-refractivity contribution in [1.82, 2.24) is 15.6 Å². The summed E-state index contributed by atoms with van der Waals surface area (Å²) >= 11 is 0. The Balaban J connectivity index is 1.53. The molecule has 0 unspecified atom stereocenters. The van der Waals surface area contributed by atoms with Crippen LogP contribution < -0.4 is 16.0 Å². The molecule has 0 radical (unpaired) electrons. The molecule has 1 aromatic heterocycles. The maximum absolute atomic E-state index is 12.1. The van der Waals surface area contributed by atoms with E-state index in [-0.39, 0.29) is 17.9 Å². The summed E-state index contributed by atoms with van der Waals surface area (Å²) in [5, 5.41) is 9.31. The molecule has 1 amide bonds. The molecular weight excluding hydrogens is 338 g/mol. The van der Waals surface area contributed by atoms with Gasteiger partial charge in [0.1, 0.15) is 0 Å². The minimum Gasteiger partial charge on any atom is -0.356 e. The van der Waals surface area contributed by atoms with Crippen LogP contribution in [0.25, 0.3) is 0 Å². The van der Waals surface area contributed by atoms with Gasteiger partial charge in [-0.3, -0.25) is 14.8 Å². The quantitative estimate of drug-likeness (QED) is 0.543. The summed E-state index contributed by atoms with van der Waals surface area (Å²) in [6, 6.07) is 14.3. The molecule has 3 N–H and O–H groups in total. The second-order valence-electron chi connectivity index (χ2n) is 6.92. The van der Waals surface area contributed by atoms with Crippen molar-refractivity contribution in [1.29, 1.82) is 0 Å². The second-order valence-corrected chi connectivity index (χ2v) is 6.92. The summed E-state index contributed by atoms with van der Waals surface area (Å²) in [4.78, 5) is 20.3. The Morgan fingerprint density at radius 2 is 1.89 bits per heavy atom. The van der Waals surface area contributed by atoms with Gasteiger partial charge in [-0.2, -0.15) is 0 Å². The normalized spacial score (nSPS) is 16.0. The van der Waals surface area contributed by atoms with Gasteiger partial charge < -0.3 is 16.0 Å². The first-order valence-electron chi connectivity index (χ1n) is 9.42. The fourth-order valence-electron chi connectivity index (χ4n) is 3.69. The van der Waals surface area contributed by atoms with Crippen LogP contribution in [0.5, 0.6) is 0 Å². The van der Waals surface area contributed by atoms with Crippen molar-refractivity contribution in [2.24, 2.45) is 4.99 Å². The fraction of sp³-hybridized carbons (Fsp3) is 0.381. The number of amides is 1. The lowest BCUT2D eigenvalue weighted by atomic mass is 9.79. The lowest BCUT2D eigenvalue weighted by Gasteiger charge is -2.30. The van der Waals surface area contributed by atoms with Crippen LogP contribution in [-0.4, -0.2) is 37.0 Å². The Labute approximate surface area is 160 Å². The maximum Gasteiger partial charge on any atom is 0.243 e. The van der Waals surface area contributed by atoms with Crippen LogP contribution in [0.2, 0.25) is 0 Å². The van der Waals surface area contributed by atoms with Gasteiger partial charge in [0.25, 0.3) is 0 Å². The number of hydrogen-bond donors (Lipinski definition) is 3. The molecule has 1 aromatic carbocycles. The van der Waals surface area contributed by atoms with Crippen molar-refractivity contribution < 1.29 is 4.79 Å². The fourth-order valence-corrected chi connectivity index (χ4v) is 3.69. The van der Waals surface area contributed by atoms with Gasteiger partial charge in [-0.15, -0.1) is 0 Å². The summed E-state index contributed by atoms with van der Waals surface area (Å²) in [6.07, 6.45) is 8.12. The van der Waals surface area contributed by atoms with Gasteiger partial charge >= 0.3 is 0 Å². The van der Waals surface area contributed by atoms with Crippen LogP contribution >= 0.6 is 0 Å². The van der Waals surface area contributed by atoms with Gasteiger partial charge in [0.2, 0.25) is 5.91 Å². The van der Waals surface area contributed by atoms with Crippen LogP contribution in [0.15, 0.2) is 59.9 Å². The Morgan fingerprint density at radius 3 is 2.56 bits per heavy atom. The summed E-state index contributed by atoms with van der Waals surface area (Å²) in [5.74, 6) is 0.503. The van der Waals surface area contributed by atoms with Gasteiger partial charge in [-0.05, 0) is 30.5 Å². The number of hydrogen-bond acceptors (Lipinski definition) is 3. The summed E-state index contributed by atoms with van der Waals surface area (Å²) in [6.45, 7) is 0.952. The van der Waals surface area contributed by atoms with Crippen molar-refractivity contribution in [3.63, 3.8) is 0 Å². The number of aliphatic imine (C=N–C) groups is 1. The van der Waals surface area contributed by atoms with E-state index in [1.165, 1.54) is 31.2 Å². The van der Waals surface area contributed by atoms with Crippen molar-refractivity contribution in [3.8, 4) is 0 Å². The van der Waals surface area contributed by atoms with E-state index < -0.39 is 0 Å². The van der Waals surface area contributed by atoms with E-state index in [2.05, 4.69) is 56.3 Å². The Hall–Kier alpha value is -2.89. The lowest BCUT2D eigenvalue weighted by molar-refractivity contribution is -0.115. The molecule has 0 atom stereocenters. The van der Waals surface area contributed by atoms with Gasteiger partial charge in [0.05, 0.1) is 18.4 Å². The van der Waals surface area contributed by atoms with Crippen molar-refractivity contribution in [3.05, 3.63) is 60.4 Å². The molecule has 1 fully saturated rings.